The maximum atomic E-state index is 13.5. The van der Waals surface area contributed by atoms with Crippen molar-refractivity contribution in [1.29, 1.82) is 0 Å². The Balaban J connectivity index is 1.55. The van der Waals surface area contributed by atoms with Crippen LogP contribution in [0, 0.1) is 10.1 Å². The Morgan fingerprint density at radius 1 is 1.00 bits per heavy atom. The van der Waals surface area contributed by atoms with E-state index >= 15 is 0 Å². The van der Waals surface area contributed by atoms with Gasteiger partial charge in [0.25, 0.3) is 11.6 Å². The lowest BCUT2D eigenvalue weighted by molar-refractivity contribution is -0.384. The zero-order chi connectivity index (χ0) is 25.2. The van der Waals surface area contributed by atoms with E-state index in [1.165, 1.54) is 12.1 Å². The van der Waals surface area contributed by atoms with E-state index in [1.807, 2.05) is 54.6 Å². The van der Waals surface area contributed by atoms with Gasteiger partial charge in [0.05, 0.1) is 30.9 Å². The van der Waals surface area contributed by atoms with Gasteiger partial charge in [-0.3, -0.25) is 20.0 Å². The number of carbonyl (C=O) groups is 1. The quantitative estimate of drug-likeness (QED) is 0.284. The first kappa shape index (κ1) is 23.1. The molecule has 1 aliphatic heterocycles. The molecule has 2 heterocycles. The standard InChI is InChI=1S/C27H24N4O5/c1-35-21-10-6-17(7-11-21)14-15-30-26(19-4-3-5-20(16-19)31(33)34)23-24(28-29-25(23)27(30)32)18-8-12-22(36-2)13-9-18/h3-13,16,26H,14-15H2,1-2H3,(H,28,29). The van der Waals surface area contributed by atoms with Crippen molar-refractivity contribution in [2.75, 3.05) is 20.8 Å². The number of hydrogen-bond acceptors (Lipinski definition) is 6. The van der Waals surface area contributed by atoms with E-state index in [0.29, 0.717) is 41.2 Å². The summed E-state index contributed by atoms with van der Waals surface area (Å²) >= 11 is 0. The molecule has 0 spiro atoms. The number of aromatic amines is 1. The Morgan fingerprint density at radius 3 is 2.31 bits per heavy atom. The van der Waals surface area contributed by atoms with Gasteiger partial charge in [-0.15, -0.1) is 0 Å². The molecule has 1 unspecified atom stereocenters. The Hall–Kier alpha value is -4.66. The number of nitro benzene ring substituents is 1. The number of ether oxygens (including phenoxy) is 2. The highest BCUT2D eigenvalue weighted by molar-refractivity contribution is 6.00. The largest absolute Gasteiger partial charge is 0.497 e. The molecule has 0 fully saturated rings. The first-order valence-electron chi connectivity index (χ1n) is 11.4. The first-order valence-corrected chi connectivity index (χ1v) is 11.4. The number of carbonyl (C=O) groups excluding carboxylic acids is 1. The Kier molecular flexibility index (Phi) is 6.12. The van der Waals surface area contributed by atoms with Crippen LogP contribution >= 0.6 is 0 Å². The molecule has 9 nitrogen and oxygen atoms in total. The molecule has 0 bridgehead atoms. The van der Waals surface area contributed by atoms with Crippen molar-refractivity contribution in [1.82, 2.24) is 15.1 Å². The number of fused-ring (bicyclic) bond motifs is 1. The van der Waals surface area contributed by atoms with Gasteiger partial charge in [-0.05, 0) is 53.9 Å². The van der Waals surface area contributed by atoms with Crippen molar-refractivity contribution < 1.29 is 19.2 Å². The minimum atomic E-state index is -0.526. The SMILES string of the molecule is COc1ccc(CCN2C(=O)c3[nH]nc(-c4ccc(OC)cc4)c3C2c2cccc([N+](=O)[O-])c2)cc1. The molecule has 1 aliphatic rings. The van der Waals surface area contributed by atoms with Gasteiger partial charge in [0.15, 0.2) is 0 Å². The van der Waals surface area contributed by atoms with Crippen LogP contribution in [-0.2, 0) is 6.42 Å². The van der Waals surface area contributed by atoms with Crippen LogP contribution in [0.1, 0.15) is 33.2 Å². The van der Waals surface area contributed by atoms with Gasteiger partial charge in [-0.1, -0.05) is 24.3 Å². The van der Waals surface area contributed by atoms with Crippen molar-refractivity contribution in [3.8, 4) is 22.8 Å². The third kappa shape index (κ3) is 4.15. The van der Waals surface area contributed by atoms with Crippen molar-refractivity contribution in [2.24, 2.45) is 0 Å². The van der Waals surface area contributed by atoms with Crippen LogP contribution in [0.15, 0.2) is 72.8 Å². The molecule has 1 aromatic heterocycles. The summed E-state index contributed by atoms with van der Waals surface area (Å²) in [6.07, 6.45) is 0.608. The van der Waals surface area contributed by atoms with E-state index in [4.69, 9.17) is 9.47 Å². The first-order chi connectivity index (χ1) is 17.5. The van der Waals surface area contributed by atoms with Gasteiger partial charge in [-0.25, -0.2) is 0 Å². The lowest BCUT2D eigenvalue weighted by Crippen LogP contribution is -2.31. The van der Waals surface area contributed by atoms with Gasteiger partial charge < -0.3 is 14.4 Å². The Morgan fingerprint density at radius 2 is 1.67 bits per heavy atom. The highest BCUT2D eigenvalue weighted by Crippen LogP contribution is 2.43. The predicted octanol–water partition coefficient (Wildman–Crippen LogP) is 4.79. The summed E-state index contributed by atoms with van der Waals surface area (Å²) in [7, 11) is 3.21. The summed E-state index contributed by atoms with van der Waals surface area (Å²) in [5, 5.41) is 18.9. The summed E-state index contributed by atoms with van der Waals surface area (Å²) in [6.45, 7) is 0.420. The monoisotopic (exact) mass is 484 g/mol. The molecule has 0 saturated heterocycles. The molecule has 4 aromatic rings. The number of nitrogens with one attached hydrogen (secondary N) is 1. The van der Waals surface area contributed by atoms with Crippen molar-refractivity contribution in [3.63, 3.8) is 0 Å². The lowest BCUT2D eigenvalue weighted by atomic mass is 9.95. The molecule has 5 rings (SSSR count). The van der Waals surface area contributed by atoms with Crippen molar-refractivity contribution in [2.45, 2.75) is 12.5 Å². The van der Waals surface area contributed by atoms with Crippen LogP contribution in [0.5, 0.6) is 11.5 Å². The molecule has 9 heteroatoms. The van der Waals surface area contributed by atoms with E-state index in [9.17, 15) is 14.9 Å². The second kappa shape index (κ2) is 9.53. The molecular weight excluding hydrogens is 460 g/mol. The van der Waals surface area contributed by atoms with Crippen LogP contribution in [-0.4, -0.2) is 46.7 Å². The number of H-pyrrole nitrogens is 1. The summed E-state index contributed by atoms with van der Waals surface area (Å²) < 4.78 is 10.5. The summed E-state index contributed by atoms with van der Waals surface area (Å²) in [4.78, 5) is 26.4. The van der Waals surface area contributed by atoms with Gasteiger partial charge in [0.1, 0.15) is 17.2 Å². The molecule has 3 aromatic carbocycles. The van der Waals surface area contributed by atoms with Crippen LogP contribution < -0.4 is 9.47 Å². The molecule has 0 saturated carbocycles. The molecule has 0 radical (unpaired) electrons. The smallest absolute Gasteiger partial charge is 0.273 e. The zero-order valence-corrected chi connectivity index (χ0v) is 19.8. The average molecular weight is 485 g/mol. The van der Waals surface area contributed by atoms with Crippen LogP contribution in [0.4, 0.5) is 5.69 Å². The molecule has 1 atom stereocenters. The molecular formula is C27H24N4O5. The normalized spacial score (nSPS) is 14.6. The van der Waals surface area contributed by atoms with Crippen molar-refractivity contribution in [3.05, 3.63) is 105 Å². The number of nitro groups is 1. The number of rotatable bonds is 8. The highest BCUT2D eigenvalue weighted by atomic mass is 16.6. The average Bonchev–Trinajstić information content (AvgIpc) is 3.46. The molecule has 0 aliphatic carbocycles. The van der Waals surface area contributed by atoms with E-state index in [2.05, 4.69) is 10.2 Å². The highest BCUT2D eigenvalue weighted by Gasteiger charge is 2.42. The zero-order valence-electron chi connectivity index (χ0n) is 19.8. The number of non-ortho nitro benzene ring substituents is 1. The van der Waals surface area contributed by atoms with Crippen LogP contribution in [0.3, 0.4) is 0 Å². The summed E-state index contributed by atoms with van der Waals surface area (Å²) in [6, 6.07) is 21.0. The second-order valence-electron chi connectivity index (χ2n) is 8.44. The number of aromatic nitrogens is 2. The third-order valence-electron chi connectivity index (χ3n) is 6.42. The van der Waals surface area contributed by atoms with Gasteiger partial charge >= 0.3 is 0 Å². The topological polar surface area (TPSA) is 111 Å². The maximum Gasteiger partial charge on any atom is 0.273 e. The van der Waals surface area contributed by atoms with Gasteiger partial charge in [0, 0.05) is 29.8 Å². The number of amides is 1. The fourth-order valence-electron chi connectivity index (χ4n) is 4.59. The molecule has 1 N–H and O–H groups in total. The van der Waals surface area contributed by atoms with Crippen LogP contribution in [0.2, 0.25) is 0 Å². The van der Waals surface area contributed by atoms with E-state index in [-0.39, 0.29) is 11.6 Å². The lowest BCUT2D eigenvalue weighted by Gasteiger charge is -2.26. The van der Waals surface area contributed by atoms with E-state index in [1.54, 1.807) is 25.2 Å². The number of nitrogens with zero attached hydrogens (tertiary/aromatic N) is 3. The molecule has 1 amide bonds. The molecule has 182 valence electrons. The maximum absolute atomic E-state index is 13.5. The second-order valence-corrected chi connectivity index (χ2v) is 8.44. The number of benzene rings is 3. The van der Waals surface area contributed by atoms with Crippen LogP contribution in [0.25, 0.3) is 11.3 Å². The minimum Gasteiger partial charge on any atom is -0.497 e. The fraction of sp³-hybridized carbons (Fsp3) is 0.185. The minimum absolute atomic E-state index is 0.0296. The van der Waals surface area contributed by atoms with Crippen molar-refractivity contribution >= 4 is 11.6 Å². The van der Waals surface area contributed by atoms with Gasteiger partial charge in [0.2, 0.25) is 0 Å². The van der Waals surface area contributed by atoms with E-state index < -0.39 is 11.0 Å². The van der Waals surface area contributed by atoms with E-state index in [0.717, 1.165) is 16.9 Å². The molecule has 36 heavy (non-hydrogen) atoms. The number of hydrogen-bond donors (Lipinski definition) is 1. The Bertz CT molecular complexity index is 1410. The van der Waals surface area contributed by atoms with Gasteiger partial charge in [-0.2, -0.15) is 5.10 Å². The number of methoxy groups -OCH3 is 2. The Labute approximate surface area is 207 Å². The third-order valence-corrected chi connectivity index (χ3v) is 6.42. The predicted molar refractivity (Wildman–Crippen MR) is 133 cm³/mol. The summed E-state index contributed by atoms with van der Waals surface area (Å²) in [5.41, 5.74) is 4.22. The fourth-order valence-corrected chi connectivity index (χ4v) is 4.59. The summed E-state index contributed by atoms with van der Waals surface area (Å²) in [5.74, 6) is 1.27.